The third-order valence-electron chi connectivity index (χ3n) is 2.92. The zero-order chi connectivity index (χ0) is 15.8. The first-order chi connectivity index (χ1) is 9.14. The van der Waals surface area contributed by atoms with Crippen molar-refractivity contribution in [3.8, 4) is 0 Å². The van der Waals surface area contributed by atoms with Crippen molar-refractivity contribution in [1.29, 1.82) is 0 Å². The summed E-state index contributed by atoms with van der Waals surface area (Å²) >= 11 is 0. The molecule has 0 heterocycles. The largest absolute Gasteiger partial charge is 0.481 e. The highest BCUT2D eigenvalue weighted by molar-refractivity contribution is 7.91. The summed E-state index contributed by atoms with van der Waals surface area (Å²) in [6.45, 7) is 4.72. The van der Waals surface area contributed by atoms with Gasteiger partial charge in [-0.3, -0.25) is 14.5 Å². The van der Waals surface area contributed by atoms with E-state index in [4.69, 9.17) is 10.8 Å². The first-order valence-electron chi connectivity index (χ1n) is 6.58. The van der Waals surface area contributed by atoms with Crippen molar-refractivity contribution in [2.75, 3.05) is 24.6 Å². The molecule has 0 atom stereocenters. The number of primary amides is 1. The maximum Gasteiger partial charge on any atom is 0.303 e. The molecule has 118 valence electrons. The first-order valence-corrected chi connectivity index (χ1v) is 8.41. The van der Waals surface area contributed by atoms with E-state index < -0.39 is 21.7 Å². The summed E-state index contributed by atoms with van der Waals surface area (Å²) in [5.41, 5.74) is 4.93. The van der Waals surface area contributed by atoms with Gasteiger partial charge in [0, 0.05) is 25.4 Å². The van der Waals surface area contributed by atoms with Crippen molar-refractivity contribution >= 4 is 21.7 Å². The number of hydrogen-bond acceptors (Lipinski definition) is 5. The fourth-order valence-electron chi connectivity index (χ4n) is 1.68. The number of rotatable bonds is 11. The molecule has 0 aromatic carbocycles. The molecule has 3 N–H and O–H groups in total. The minimum atomic E-state index is -3.31. The molecule has 0 radical (unpaired) electrons. The lowest BCUT2D eigenvalue weighted by Crippen LogP contribution is -2.36. The number of nitrogens with zero attached hydrogens (tertiary/aromatic N) is 1. The fourth-order valence-corrected chi connectivity index (χ4v) is 2.91. The molecule has 0 rings (SSSR count). The van der Waals surface area contributed by atoms with Crippen LogP contribution in [0.1, 0.15) is 33.1 Å². The van der Waals surface area contributed by atoms with Gasteiger partial charge in [-0.05, 0) is 26.8 Å². The van der Waals surface area contributed by atoms with Gasteiger partial charge in [-0.2, -0.15) is 0 Å². The summed E-state index contributed by atoms with van der Waals surface area (Å²) in [5.74, 6) is -1.77. The highest BCUT2D eigenvalue weighted by Gasteiger charge is 2.16. The highest BCUT2D eigenvalue weighted by atomic mass is 32.2. The molecule has 0 aliphatic rings. The molecule has 0 unspecified atom stereocenters. The highest BCUT2D eigenvalue weighted by Crippen LogP contribution is 2.04. The Kier molecular flexibility index (Phi) is 8.40. The number of hydrogen-bond donors (Lipinski definition) is 2. The van der Waals surface area contributed by atoms with Crippen LogP contribution in [0, 0.1) is 0 Å². The molecule has 8 heteroatoms. The number of carboxylic acid groups (broad SMARTS) is 1. The van der Waals surface area contributed by atoms with Gasteiger partial charge in [0.25, 0.3) is 0 Å². The Labute approximate surface area is 120 Å². The van der Waals surface area contributed by atoms with Gasteiger partial charge in [0.05, 0.1) is 11.5 Å². The van der Waals surface area contributed by atoms with Gasteiger partial charge in [0.1, 0.15) is 0 Å². The van der Waals surface area contributed by atoms with Crippen LogP contribution in [0.3, 0.4) is 0 Å². The molecular formula is C12H24N2O5S. The number of amides is 1. The number of carboxylic acids is 1. The van der Waals surface area contributed by atoms with Gasteiger partial charge in [-0.15, -0.1) is 0 Å². The second-order valence-corrected chi connectivity index (χ2v) is 7.30. The second kappa shape index (κ2) is 8.91. The molecule has 0 saturated heterocycles. The molecule has 0 spiro atoms. The van der Waals surface area contributed by atoms with Gasteiger partial charge in [-0.1, -0.05) is 0 Å². The average molecular weight is 308 g/mol. The number of nitrogens with two attached hydrogens (primary N) is 1. The summed E-state index contributed by atoms with van der Waals surface area (Å²) in [7, 11) is -3.31. The Morgan fingerprint density at radius 1 is 1.15 bits per heavy atom. The van der Waals surface area contributed by atoms with Gasteiger partial charge in [0.15, 0.2) is 9.84 Å². The predicted molar refractivity (Wildman–Crippen MR) is 76.0 cm³/mol. The Bertz CT molecular complexity index is 420. The Hall–Kier alpha value is -1.15. The van der Waals surface area contributed by atoms with Crippen LogP contribution in [0.25, 0.3) is 0 Å². The van der Waals surface area contributed by atoms with Gasteiger partial charge in [0.2, 0.25) is 5.91 Å². The van der Waals surface area contributed by atoms with E-state index in [1.165, 1.54) is 0 Å². The normalized spacial score (nSPS) is 12.0. The third-order valence-corrected chi connectivity index (χ3v) is 4.55. The van der Waals surface area contributed by atoms with Crippen LogP contribution in [-0.4, -0.2) is 60.9 Å². The quantitative estimate of drug-likeness (QED) is 0.548. The summed E-state index contributed by atoms with van der Waals surface area (Å²) in [6, 6.07) is 0.134. The molecule has 1 amide bonds. The van der Waals surface area contributed by atoms with Crippen LogP contribution >= 0.6 is 0 Å². The topological polar surface area (TPSA) is 118 Å². The van der Waals surface area contributed by atoms with E-state index in [2.05, 4.69) is 0 Å². The van der Waals surface area contributed by atoms with Crippen LogP contribution < -0.4 is 5.73 Å². The molecule has 0 aromatic heterocycles. The lowest BCUT2D eigenvalue weighted by Gasteiger charge is -2.26. The predicted octanol–water partition coefficient (Wildman–Crippen LogP) is -0.148. The monoisotopic (exact) mass is 308 g/mol. The Balaban J connectivity index is 4.25. The van der Waals surface area contributed by atoms with Crippen molar-refractivity contribution in [1.82, 2.24) is 4.90 Å². The standard InChI is InChI=1S/C12H24N2O5S/c1-10(2)14(6-3-4-12(16)17)7-9-20(18,19)8-5-11(13)15/h10H,3-9H2,1-2H3,(H2,13,15)(H,16,17). The second-order valence-electron chi connectivity index (χ2n) is 5.00. The van der Waals surface area contributed by atoms with E-state index in [9.17, 15) is 18.0 Å². The van der Waals surface area contributed by atoms with Crippen molar-refractivity contribution in [3.63, 3.8) is 0 Å². The van der Waals surface area contributed by atoms with Crippen LogP contribution in [0.2, 0.25) is 0 Å². The van der Waals surface area contributed by atoms with Crippen LogP contribution in [0.15, 0.2) is 0 Å². The molecular weight excluding hydrogens is 284 g/mol. The molecule has 0 fully saturated rings. The third kappa shape index (κ3) is 9.74. The van der Waals surface area contributed by atoms with Crippen LogP contribution in [-0.2, 0) is 19.4 Å². The molecule has 0 bridgehead atoms. The molecule has 0 aliphatic carbocycles. The lowest BCUT2D eigenvalue weighted by atomic mass is 10.2. The number of carbonyl (C=O) groups excluding carboxylic acids is 1. The maximum absolute atomic E-state index is 11.7. The summed E-state index contributed by atoms with van der Waals surface area (Å²) in [6.07, 6.45) is 0.384. The van der Waals surface area contributed by atoms with E-state index in [1.54, 1.807) is 0 Å². The van der Waals surface area contributed by atoms with Crippen molar-refractivity contribution in [2.45, 2.75) is 39.2 Å². The number of aliphatic carboxylic acids is 1. The summed E-state index contributed by atoms with van der Waals surface area (Å²) < 4.78 is 23.4. The fraction of sp³-hybridized carbons (Fsp3) is 0.833. The minimum absolute atomic E-state index is 0.0501. The van der Waals surface area contributed by atoms with Crippen LogP contribution in [0.4, 0.5) is 0 Å². The minimum Gasteiger partial charge on any atom is -0.481 e. The Morgan fingerprint density at radius 2 is 1.75 bits per heavy atom. The van der Waals surface area contributed by atoms with E-state index in [0.717, 1.165) is 0 Å². The average Bonchev–Trinajstić information content (AvgIpc) is 2.30. The van der Waals surface area contributed by atoms with Crippen LogP contribution in [0.5, 0.6) is 0 Å². The van der Waals surface area contributed by atoms with Gasteiger partial charge >= 0.3 is 5.97 Å². The van der Waals surface area contributed by atoms with Crippen molar-refractivity contribution < 1.29 is 23.1 Å². The van der Waals surface area contributed by atoms with E-state index in [1.807, 2.05) is 18.7 Å². The van der Waals surface area contributed by atoms with E-state index in [0.29, 0.717) is 19.5 Å². The summed E-state index contributed by atoms with van der Waals surface area (Å²) in [4.78, 5) is 23.0. The zero-order valence-electron chi connectivity index (χ0n) is 12.0. The van der Waals surface area contributed by atoms with E-state index >= 15 is 0 Å². The SMILES string of the molecule is CC(C)N(CCCC(=O)O)CCS(=O)(=O)CCC(N)=O. The maximum atomic E-state index is 11.7. The number of sulfone groups is 1. The Morgan fingerprint density at radius 3 is 2.20 bits per heavy atom. The molecule has 0 aromatic rings. The molecule has 7 nitrogen and oxygen atoms in total. The first kappa shape index (κ1) is 18.9. The van der Waals surface area contributed by atoms with Gasteiger partial charge in [-0.25, -0.2) is 8.42 Å². The summed E-state index contributed by atoms with van der Waals surface area (Å²) in [5, 5.41) is 8.59. The zero-order valence-corrected chi connectivity index (χ0v) is 12.9. The van der Waals surface area contributed by atoms with Crippen molar-refractivity contribution in [3.05, 3.63) is 0 Å². The van der Waals surface area contributed by atoms with Crippen molar-refractivity contribution in [2.24, 2.45) is 5.73 Å². The lowest BCUT2D eigenvalue weighted by molar-refractivity contribution is -0.137. The van der Waals surface area contributed by atoms with E-state index in [-0.39, 0.29) is 30.4 Å². The molecule has 0 aliphatic heterocycles. The number of carbonyl (C=O) groups is 2. The molecule has 20 heavy (non-hydrogen) atoms. The smallest absolute Gasteiger partial charge is 0.303 e. The van der Waals surface area contributed by atoms with Gasteiger partial charge < -0.3 is 10.8 Å². The molecule has 0 saturated carbocycles.